The first-order valence-electron chi connectivity index (χ1n) is 7.38. The Morgan fingerprint density at radius 3 is 2.62 bits per heavy atom. The third-order valence-corrected chi connectivity index (χ3v) is 4.13. The third kappa shape index (κ3) is 3.51. The average Bonchev–Trinajstić information content (AvgIpc) is 2.93. The summed E-state index contributed by atoms with van der Waals surface area (Å²) in [6, 6.07) is 12.8. The van der Waals surface area contributed by atoms with Gasteiger partial charge in [0.15, 0.2) is 5.78 Å². The van der Waals surface area contributed by atoms with Crippen molar-refractivity contribution in [1.29, 1.82) is 0 Å². The fourth-order valence-electron chi connectivity index (χ4n) is 2.39. The van der Waals surface area contributed by atoms with Gasteiger partial charge in [-0.3, -0.25) is 14.3 Å². The highest BCUT2D eigenvalue weighted by molar-refractivity contribution is 9.10. The summed E-state index contributed by atoms with van der Waals surface area (Å²) in [6.45, 7) is 2.32. The maximum atomic E-state index is 12.5. The van der Waals surface area contributed by atoms with Crippen molar-refractivity contribution in [2.75, 3.05) is 0 Å². The summed E-state index contributed by atoms with van der Waals surface area (Å²) < 4.78 is 3.42. The summed E-state index contributed by atoms with van der Waals surface area (Å²) in [7, 11) is 0. The van der Waals surface area contributed by atoms with Crippen molar-refractivity contribution in [2.45, 2.75) is 20.0 Å². The fourth-order valence-corrected chi connectivity index (χ4v) is 2.72. The van der Waals surface area contributed by atoms with Crippen LogP contribution in [0.1, 0.15) is 21.6 Å². The standard InChI is InChI=1S/C17H15BrN4O2/c1-12-14(9-19-21(12)10-13-5-3-2-4-6-13)15(23)11-22-17(24)8-7-16(18)20-22/h2-9H,10-11H2,1H3. The van der Waals surface area contributed by atoms with Gasteiger partial charge in [0.25, 0.3) is 5.56 Å². The van der Waals surface area contributed by atoms with Crippen molar-refractivity contribution in [3.8, 4) is 0 Å². The van der Waals surface area contributed by atoms with Gasteiger partial charge in [-0.15, -0.1) is 0 Å². The van der Waals surface area contributed by atoms with Gasteiger partial charge < -0.3 is 0 Å². The van der Waals surface area contributed by atoms with Gasteiger partial charge in [0.1, 0.15) is 11.1 Å². The molecule has 0 aliphatic carbocycles. The second kappa shape index (κ2) is 6.92. The van der Waals surface area contributed by atoms with Crippen molar-refractivity contribution in [3.63, 3.8) is 0 Å². The summed E-state index contributed by atoms with van der Waals surface area (Å²) in [6.07, 6.45) is 1.55. The molecule has 0 saturated heterocycles. The lowest BCUT2D eigenvalue weighted by molar-refractivity contribution is 0.0964. The maximum absolute atomic E-state index is 12.5. The Bertz CT molecular complexity index is 931. The van der Waals surface area contributed by atoms with E-state index in [2.05, 4.69) is 26.1 Å². The molecule has 0 spiro atoms. The molecule has 0 fully saturated rings. The molecule has 0 aliphatic rings. The third-order valence-electron chi connectivity index (χ3n) is 3.71. The van der Waals surface area contributed by atoms with Gasteiger partial charge in [0.05, 0.1) is 18.3 Å². The monoisotopic (exact) mass is 386 g/mol. The zero-order valence-electron chi connectivity index (χ0n) is 13.0. The van der Waals surface area contributed by atoms with Crippen molar-refractivity contribution in [1.82, 2.24) is 19.6 Å². The Hall–Kier alpha value is -2.54. The summed E-state index contributed by atoms with van der Waals surface area (Å²) in [5, 5.41) is 8.31. The summed E-state index contributed by atoms with van der Waals surface area (Å²) in [5.41, 5.74) is 2.06. The predicted octanol–water partition coefficient (Wildman–Crippen LogP) is 2.44. The minimum Gasteiger partial charge on any atom is -0.292 e. The van der Waals surface area contributed by atoms with Crippen LogP contribution in [0.4, 0.5) is 0 Å². The van der Waals surface area contributed by atoms with Gasteiger partial charge in [-0.2, -0.15) is 10.2 Å². The molecule has 24 heavy (non-hydrogen) atoms. The van der Waals surface area contributed by atoms with Gasteiger partial charge in [0.2, 0.25) is 0 Å². The van der Waals surface area contributed by atoms with Crippen molar-refractivity contribution >= 4 is 21.7 Å². The molecule has 0 radical (unpaired) electrons. The molecule has 0 unspecified atom stereocenters. The van der Waals surface area contributed by atoms with Crippen LogP contribution >= 0.6 is 15.9 Å². The largest absolute Gasteiger partial charge is 0.292 e. The first-order valence-corrected chi connectivity index (χ1v) is 8.17. The molecule has 0 amide bonds. The molecule has 3 rings (SSSR count). The van der Waals surface area contributed by atoms with Crippen LogP contribution in [0.25, 0.3) is 0 Å². The number of Topliss-reactive ketones (excluding diaryl/α,β-unsaturated/α-hetero) is 1. The van der Waals surface area contributed by atoms with Crippen molar-refractivity contribution in [3.05, 3.63) is 80.4 Å². The molecule has 0 bridgehead atoms. The van der Waals surface area contributed by atoms with E-state index in [1.165, 1.54) is 6.07 Å². The highest BCUT2D eigenvalue weighted by Crippen LogP contribution is 2.12. The second-order valence-corrected chi connectivity index (χ2v) is 6.17. The van der Waals surface area contributed by atoms with Gasteiger partial charge in [-0.25, -0.2) is 4.68 Å². The minimum absolute atomic E-state index is 0.115. The van der Waals surface area contributed by atoms with Crippen LogP contribution in [-0.4, -0.2) is 25.3 Å². The Morgan fingerprint density at radius 1 is 1.12 bits per heavy atom. The number of rotatable bonds is 5. The second-order valence-electron chi connectivity index (χ2n) is 5.36. The number of hydrogen-bond acceptors (Lipinski definition) is 4. The smallest absolute Gasteiger partial charge is 0.267 e. The number of carbonyl (C=O) groups is 1. The minimum atomic E-state index is -0.319. The van der Waals surface area contributed by atoms with Gasteiger partial charge >= 0.3 is 0 Å². The lowest BCUT2D eigenvalue weighted by Crippen LogP contribution is -2.26. The number of ketones is 1. The molecule has 1 aromatic carbocycles. The molecule has 3 aromatic rings. The van der Waals surface area contributed by atoms with Gasteiger partial charge in [-0.1, -0.05) is 30.3 Å². The lowest BCUT2D eigenvalue weighted by Gasteiger charge is -2.06. The number of hydrogen-bond donors (Lipinski definition) is 0. The highest BCUT2D eigenvalue weighted by Gasteiger charge is 2.16. The van der Waals surface area contributed by atoms with Crippen LogP contribution in [-0.2, 0) is 13.1 Å². The van der Waals surface area contributed by atoms with Crippen molar-refractivity contribution < 1.29 is 4.79 Å². The summed E-state index contributed by atoms with van der Waals surface area (Å²) in [4.78, 5) is 24.3. The first kappa shape index (κ1) is 16.3. The van der Waals surface area contributed by atoms with Crippen LogP contribution in [0.3, 0.4) is 0 Å². The van der Waals surface area contributed by atoms with E-state index >= 15 is 0 Å². The molecule has 0 N–H and O–H groups in total. The molecule has 7 heteroatoms. The van der Waals surface area contributed by atoms with Crippen LogP contribution in [0.5, 0.6) is 0 Å². The molecule has 0 aliphatic heterocycles. The first-order chi connectivity index (χ1) is 11.5. The van der Waals surface area contributed by atoms with E-state index in [0.29, 0.717) is 16.7 Å². The molecule has 0 atom stereocenters. The molecular formula is C17H15BrN4O2. The molecule has 0 saturated carbocycles. The van der Waals surface area contributed by atoms with Gasteiger partial charge in [-0.05, 0) is 34.5 Å². The Morgan fingerprint density at radius 2 is 1.88 bits per heavy atom. The number of carbonyl (C=O) groups excluding carboxylic acids is 1. The Balaban J connectivity index is 1.81. The van der Waals surface area contributed by atoms with E-state index in [1.54, 1.807) is 16.9 Å². The van der Waals surface area contributed by atoms with E-state index < -0.39 is 0 Å². The SMILES string of the molecule is Cc1c(C(=O)Cn2nc(Br)ccc2=O)cnn1Cc1ccccc1. The lowest BCUT2D eigenvalue weighted by atomic mass is 10.1. The number of halogens is 1. The number of benzene rings is 1. The van der Waals surface area contributed by atoms with Crippen LogP contribution in [0, 0.1) is 6.92 Å². The molecule has 2 aromatic heterocycles. The summed E-state index contributed by atoms with van der Waals surface area (Å²) >= 11 is 3.20. The fraction of sp³-hybridized carbons (Fsp3) is 0.176. The normalized spacial score (nSPS) is 10.8. The number of aromatic nitrogens is 4. The van der Waals surface area contributed by atoms with E-state index in [1.807, 2.05) is 37.3 Å². The number of nitrogens with zero attached hydrogens (tertiary/aromatic N) is 4. The zero-order chi connectivity index (χ0) is 17.1. The van der Waals surface area contributed by atoms with Crippen LogP contribution in [0.2, 0.25) is 0 Å². The molecular weight excluding hydrogens is 372 g/mol. The molecule has 122 valence electrons. The maximum Gasteiger partial charge on any atom is 0.267 e. The van der Waals surface area contributed by atoms with E-state index in [9.17, 15) is 9.59 Å². The Labute approximate surface area is 146 Å². The Kier molecular flexibility index (Phi) is 4.71. The van der Waals surface area contributed by atoms with Crippen molar-refractivity contribution in [2.24, 2.45) is 0 Å². The van der Waals surface area contributed by atoms with Gasteiger partial charge in [0, 0.05) is 11.8 Å². The van der Waals surface area contributed by atoms with E-state index in [-0.39, 0.29) is 17.9 Å². The predicted molar refractivity (Wildman–Crippen MR) is 93.0 cm³/mol. The zero-order valence-corrected chi connectivity index (χ0v) is 14.6. The highest BCUT2D eigenvalue weighted by atomic mass is 79.9. The molecule has 2 heterocycles. The quantitative estimate of drug-likeness (QED) is 0.631. The van der Waals surface area contributed by atoms with Crippen LogP contribution in [0.15, 0.2) is 58.1 Å². The molecule has 6 nitrogen and oxygen atoms in total. The van der Waals surface area contributed by atoms with E-state index in [0.717, 1.165) is 15.9 Å². The topological polar surface area (TPSA) is 69.8 Å². The van der Waals surface area contributed by atoms with Crippen LogP contribution < -0.4 is 5.56 Å². The summed E-state index contributed by atoms with van der Waals surface area (Å²) in [5.74, 6) is -0.195. The average molecular weight is 387 g/mol. The van der Waals surface area contributed by atoms with E-state index in [4.69, 9.17) is 0 Å².